The van der Waals surface area contributed by atoms with E-state index < -0.39 is 76.1 Å². The molecule has 1 fully saturated rings. The Morgan fingerprint density at radius 2 is 1.65 bits per heavy atom. The van der Waals surface area contributed by atoms with Gasteiger partial charge in [0.2, 0.25) is 0 Å². The Balaban J connectivity index is 1.45. The second-order valence-electron chi connectivity index (χ2n) is 11.7. The summed E-state index contributed by atoms with van der Waals surface area (Å²) >= 11 is 0. The van der Waals surface area contributed by atoms with Crippen LogP contribution < -0.4 is 11.3 Å². The lowest BCUT2D eigenvalue weighted by Gasteiger charge is -2.48. The van der Waals surface area contributed by atoms with Gasteiger partial charge in [0.15, 0.2) is 0 Å². The van der Waals surface area contributed by atoms with Crippen molar-refractivity contribution in [2.75, 3.05) is 13.2 Å². The zero-order valence-electron chi connectivity index (χ0n) is 27.0. The second-order valence-corrected chi connectivity index (χ2v) is 11.7. The molecule has 4 aromatic rings. The van der Waals surface area contributed by atoms with E-state index >= 15 is 0 Å². The Bertz CT molecular complexity index is 1870. The monoisotopic (exact) mass is 740 g/mol. The van der Waals surface area contributed by atoms with Crippen molar-refractivity contribution in [1.82, 2.24) is 25.4 Å². The van der Waals surface area contributed by atoms with Crippen LogP contribution in [-0.4, -0.2) is 44.0 Å². The Kier molecular flexibility index (Phi) is 11.3. The normalized spacial score (nSPS) is 18.9. The fourth-order valence-electron chi connectivity index (χ4n) is 5.80. The molecule has 0 saturated carbocycles. The van der Waals surface area contributed by atoms with E-state index in [1.54, 1.807) is 60.7 Å². The van der Waals surface area contributed by atoms with Crippen molar-refractivity contribution in [3.05, 3.63) is 127 Å². The van der Waals surface area contributed by atoms with Crippen LogP contribution in [-0.2, 0) is 43.8 Å². The Hall–Kier alpha value is -5.31. The molecule has 0 bridgehead atoms. The topological polar surface area (TPSA) is 163 Å². The zero-order chi connectivity index (χ0) is 37.7. The molecule has 2 N–H and O–H groups in total. The largest absolute Gasteiger partial charge is 0.542 e. The van der Waals surface area contributed by atoms with E-state index in [0.29, 0.717) is 23.3 Å². The number of nitrogens with zero attached hydrogens (tertiary/aromatic N) is 4. The number of H-pyrrole nitrogens is 1. The number of hydrazine groups is 1. The third kappa shape index (κ3) is 8.76. The molecular weight excluding hydrogens is 710 g/mol. The Morgan fingerprint density at radius 1 is 1.04 bits per heavy atom. The van der Waals surface area contributed by atoms with Gasteiger partial charge in [-0.15, -0.1) is 5.10 Å². The van der Waals surface area contributed by atoms with Crippen LogP contribution >= 0.6 is 0 Å². The number of benzene rings is 3. The molecule has 5 rings (SSSR count). The summed E-state index contributed by atoms with van der Waals surface area (Å²) < 4.78 is 93.6. The van der Waals surface area contributed by atoms with Gasteiger partial charge >= 0.3 is 30.1 Å². The molecule has 2 heterocycles. The number of aromatic amines is 1. The zero-order valence-corrected chi connectivity index (χ0v) is 27.0. The van der Waals surface area contributed by atoms with Gasteiger partial charge in [-0.2, -0.15) is 30.9 Å². The van der Waals surface area contributed by atoms with E-state index in [0.717, 1.165) is 4.57 Å². The van der Waals surface area contributed by atoms with E-state index in [2.05, 4.69) is 10.7 Å². The number of ether oxygens (including phenoxy) is 2. The number of piperidine rings is 1. The van der Waals surface area contributed by atoms with Gasteiger partial charge in [0.25, 0.3) is 0 Å². The lowest BCUT2D eigenvalue weighted by Crippen LogP contribution is -2.60. The number of rotatable bonds is 12. The average molecular weight is 741 g/mol. The van der Waals surface area contributed by atoms with Crippen molar-refractivity contribution >= 4 is 12.1 Å². The number of hydrogen-bond acceptors (Lipinski definition) is 11. The van der Waals surface area contributed by atoms with E-state index in [-0.39, 0.29) is 32.1 Å². The molecule has 1 aliphatic rings. The van der Waals surface area contributed by atoms with Gasteiger partial charge in [-0.05, 0) is 59.6 Å². The maximum absolute atomic E-state index is 13.6. The van der Waals surface area contributed by atoms with Crippen molar-refractivity contribution in [2.24, 2.45) is 0 Å². The smallest absolute Gasteiger partial charge is 0.427 e. The summed E-state index contributed by atoms with van der Waals surface area (Å²) in [4.78, 5) is 45.5. The third-order valence-electron chi connectivity index (χ3n) is 8.43. The molecule has 52 heavy (non-hydrogen) atoms. The highest BCUT2D eigenvalue weighted by atomic mass is 19.4. The minimum absolute atomic E-state index is 0.00558. The van der Waals surface area contributed by atoms with E-state index in [1.807, 2.05) is 5.10 Å². The number of aromatic nitrogens is 3. The van der Waals surface area contributed by atoms with Gasteiger partial charge in [-0.1, -0.05) is 71.2 Å². The van der Waals surface area contributed by atoms with Crippen LogP contribution in [0.1, 0.15) is 59.7 Å². The molecule has 3 atom stereocenters. The minimum Gasteiger partial charge on any atom is -0.427 e. The summed E-state index contributed by atoms with van der Waals surface area (Å²) in [6.45, 7) is 0.373. The molecule has 0 amide bonds. The molecular formula is C32H30F6N6O8. The first-order valence-corrected chi connectivity index (χ1v) is 15.4. The van der Waals surface area contributed by atoms with Crippen LogP contribution in [0, 0.1) is 10.1 Å². The van der Waals surface area contributed by atoms with Crippen LogP contribution in [0.5, 0.6) is 0 Å². The van der Waals surface area contributed by atoms with Crippen molar-refractivity contribution in [3.8, 4) is 0 Å². The number of halogens is 6. The minimum atomic E-state index is -5.09. The number of carbonyl (C=O) groups excluding carboxylic acids is 1. The number of carbonyl (C=O) groups is 1. The van der Waals surface area contributed by atoms with Gasteiger partial charge in [-0.3, -0.25) is 0 Å². The van der Waals surface area contributed by atoms with Crippen molar-refractivity contribution < 1.29 is 55.4 Å². The standard InChI is InChI=1S/C32H30F6N6O8/c1-20(22-14-24(31(33,34)35)16-25(15-22)32(36,37)38)50-19-30(23-10-6-3-7-11-23)13-12-26(43-27(44(47)48)39-40-28(43)45)17-42(30)41-52-51-29(46)49-18-21-8-4-2-5-9-21/h2-11,14-16,20,26,41H,12-13,17-19H2,1H3,(H,40,45)/t20-,26+,30?/m1/s1. The molecule has 0 aliphatic carbocycles. The lowest BCUT2D eigenvalue weighted by molar-refractivity contribution is -0.398. The van der Waals surface area contributed by atoms with Crippen molar-refractivity contribution in [2.45, 2.75) is 56.4 Å². The summed E-state index contributed by atoms with van der Waals surface area (Å²) in [5.74, 6) is -0.793. The summed E-state index contributed by atoms with van der Waals surface area (Å²) in [7, 11) is 0. The number of nitrogens with one attached hydrogen (secondary N) is 2. The fourth-order valence-corrected chi connectivity index (χ4v) is 5.80. The summed E-state index contributed by atoms with van der Waals surface area (Å²) in [6.07, 6.45) is -12.7. The molecule has 0 spiro atoms. The summed E-state index contributed by atoms with van der Waals surface area (Å²) in [5.41, 5.74) is -2.21. The second kappa shape index (κ2) is 15.5. The average Bonchev–Trinajstić information content (AvgIpc) is 3.51. The van der Waals surface area contributed by atoms with Crippen LogP contribution in [0.2, 0.25) is 0 Å². The van der Waals surface area contributed by atoms with Crippen LogP contribution in [0.4, 0.5) is 37.1 Å². The summed E-state index contributed by atoms with van der Waals surface area (Å²) in [5, 5.41) is 18.5. The Morgan fingerprint density at radius 3 is 2.25 bits per heavy atom. The first kappa shape index (κ1) is 37.9. The highest BCUT2D eigenvalue weighted by Gasteiger charge is 2.48. The maximum Gasteiger partial charge on any atom is 0.542 e. The van der Waals surface area contributed by atoms with Crippen molar-refractivity contribution in [1.29, 1.82) is 0 Å². The predicted octanol–water partition coefficient (Wildman–Crippen LogP) is 6.53. The lowest BCUT2D eigenvalue weighted by atomic mass is 9.80. The fraction of sp³-hybridized carbons (Fsp3) is 0.344. The molecule has 20 heteroatoms. The van der Waals surface area contributed by atoms with Crippen molar-refractivity contribution in [3.63, 3.8) is 0 Å². The highest BCUT2D eigenvalue weighted by molar-refractivity contribution is 5.59. The molecule has 1 saturated heterocycles. The van der Waals surface area contributed by atoms with E-state index in [1.165, 1.54) is 11.9 Å². The third-order valence-corrected chi connectivity index (χ3v) is 8.43. The molecule has 14 nitrogen and oxygen atoms in total. The SMILES string of the molecule is C[C@@H](OCC1(c2ccccc2)CC[C@H](n2c([N+](=O)[O-])n[nH]c2=O)CN1NOOC(=O)OCc1ccccc1)c1cc(C(F)(F)F)cc(C(F)(F)F)c1. The highest BCUT2D eigenvalue weighted by Crippen LogP contribution is 2.43. The molecule has 1 aromatic heterocycles. The molecule has 278 valence electrons. The van der Waals surface area contributed by atoms with E-state index in [9.17, 15) is 46.0 Å². The predicted molar refractivity (Wildman–Crippen MR) is 165 cm³/mol. The first-order chi connectivity index (χ1) is 24.6. The molecule has 1 aliphatic heterocycles. The van der Waals surface area contributed by atoms with Gasteiger partial charge in [-0.25, -0.2) is 19.5 Å². The van der Waals surface area contributed by atoms with E-state index in [4.69, 9.17) is 19.3 Å². The molecule has 0 radical (unpaired) electrons. The van der Waals surface area contributed by atoms with Gasteiger partial charge in [0.1, 0.15) is 12.6 Å². The van der Waals surface area contributed by atoms with Crippen LogP contribution in [0.3, 0.4) is 0 Å². The number of nitro groups is 1. The maximum atomic E-state index is 13.6. The Labute approximate surface area is 289 Å². The molecule has 3 aromatic carbocycles. The van der Waals surface area contributed by atoms with Gasteiger partial charge < -0.3 is 19.6 Å². The van der Waals surface area contributed by atoms with Gasteiger partial charge in [0, 0.05) is 5.10 Å². The first-order valence-electron chi connectivity index (χ1n) is 15.4. The van der Waals surface area contributed by atoms with Crippen LogP contribution in [0.25, 0.3) is 0 Å². The number of alkyl halides is 6. The summed E-state index contributed by atoms with van der Waals surface area (Å²) in [6, 6.07) is 17.0. The quantitative estimate of drug-likeness (QED) is 0.0534. The molecule has 1 unspecified atom stereocenters. The van der Waals surface area contributed by atoms with Gasteiger partial charge in [0.05, 0.1) is 35.9 Å². The number of hydrogen-bond donors (Lipinski definition) is 2. The van der Waals surface area contributed by atoms with Crippen LogP contribution in [0.15, 0.2) is 83.7 Å².